The monoisotopic (exact) mass is 928 g/mol. The summed E-state index contributed by atoms with van der Waals surface area (Å²) in [4.78, 5) is 56.1. The molecule has 0 aliphatic carbocycles. The topological polar surface area (TPSA) is 207 Å². The van der Waals surface area contributed by atoms with Gasteiger partial charge in [0.15, 0.2) is 48.4 Å². The summed E-state index contributed by atoms with van der Waals surface area (Å²) in [5.74, 6) is 2.72. The zero-order valence-corrected chi connectivity index (χ0v) is 37.5. The molecule has 10 rings (SSSR count). The lowest BCUT2D eigenvalue weighted by atomic mass is 9.97. The van der Waals surface area contributed by atoms with Crippen molar-refractivity contribution in [3.8, 4) is 68.8 Å². The van der Waals surface area contributed by atoms with Gasteiger partial charge in [-0.25, -0.2) is 19.2 Å². The normalized spacial score (nSPS) is 15.9. The third-order valence-electron chi connectivity index (χ3n) is 11.0. The molecule has 0 amide bonds. The number of esters is 1. The van der Waals surface area contributed by atoms with E-state index in [4.69, 9.17) is 47.7 Å². The minimum atomic E-state index is -1.04. The highest BCUT2D eigenvalue weighted by Gasteiger charge is 2.26. The van der Waals surface area contributed by atoms with E-state index < -0.39 is 24.1 Å². The van der Waals surface area contributed by atoms with Crippen LogP contribution < -0.4 is 49.3 Å². The molecule has 6 aromatic rings. The first kappa shape index (κ1) is 45.1. The molecule has 18 nitrogen and oxygen atoms in total. The molecule has 2 aromatic heterocycles. The number of ether oxygens (including phenoxy) is 9. The molecular formula is C50H48N4O14. The van der Waals surface area contributed by atoms with Crippen LogP contribution in [0.4, 0.5) is 0 Å². The van der Waals surface area contributed by atoms with Crippen LogP contribution in [-0.2, 0) is 40.3 Å². The summed E-state index contributed by atoms with van der Waals surface area (Å²) in [6.07, 6.45) is 0.603. The van der Waals surface area contributed by atoms with Crippen molar-refractivity contribution in [2.24, 2.45) is 0 Å². The number of hydrogen-bond donors (Lipinski definition) is 1. The average Bonchev–Trinajstić information content (AvgIpc) is 3.33. The second-order valence-corrected chi connectivity index (χ2v) is 17.1. The Labute approximate surface area is 389 Å². The Hall–Kier alpha value is -8.02. The molecule has 1 N–H and O–H groups in total. The fourth-order valence-electron chi connectivity index (χ4n) is 8.00. The number of fused-ring (bicyclic) bond motifs is 8. The van der Waals surface area contributed by atoms with E-state index in [0.29, 0.717) is 79.3 Å². The van der Waals surface area contributed by atoms with E-state index >= 15 is 0 Å². The van der Waals surface area contributed by atoms with Crippen molar-refractivity contribution >= 4 is 11.9 Å². The number of benzene rings is 4. The highest BCUT2D eigenvalue weighted by atomic mass is 16.6. The molecule has 0 saturated heterocycles. The first-order valence-electron chi connectivity index (χ1n) is 22.0. The zero-order valence-electron chi connectivity index (χ0n) is 37.5. The number of carbonyl (C=O) groups excluding carboxylic acids is 1. The van der Waals surface area contributed by atoms with E-state index in [1.54, 1.807) is 39.5 Å². The van der Waals surface area contributed by atoms with Gasteiger partial charge in [-0.3, -0.25) is 9.13 Å². The van der Waals surface area contributed by atoms with Crippen LogP contribution in [0.2, 0.25) is 0 Å². The van der Waals surface area contributed by atoms with Crippen LogP contribution in [-0.4, -0.2) is 93.6 Å². The van der Waals surface area contributed by atoms with Crippen molar-refractivity contribution in [1.82, 2.24) is 19.1 Å². The maximum Gasteiger partial charge on any atom is 0.351 e. The van der Waals surface area contributed by atoms with Crippen LogP contribution in [0.25, 0.3) is 22.5 Å². The fraction of sp³-hybridized carbons (Fsp3) is 0.320. The quantitative estimate of drug-likeness (QED) is 0.149. The van der Waals surface area contributed by atoms with Crippen LogP contribution in [0, 0.1) is 0 Å². The summed E-state index contributed by atoms with van der Waals surface area (Å²) in [5, 5.41) is 8.80. The largest absolute Gasteiger partial charge is 0.486 e. The van der Waals surface area contributed by atoms with Crippen molar-refractivity contribution in [2.75, 3.05) is 39.6 Å². The van der Waals surface area contributed by atoms with Crippen molar-refractivity contribution in [1.29, 1.82) is 0 Å². The number of nitrogens with zero attached hydrogens (tertiary/aromatic N) is 4. The Bertz CT molecular complexity index is 2980. The number of para-hydroxylation sites is 4. The summed E-state index contributed by atoms with van der Waals surface area (Å²) in [5.41, 5.74) is 3.80. The van der Waals surface area contributed by atoms with E-state index in [9.17, 15) is 19.2 Å². The molecule has 4 aliphatic heterocycles. The molecule has 0 spiro atoms. The van der Waals surface area contributed by atoms with Crippen molar-refractivity contribution < 1.29 is 57.3 Å². The number of hydrogen-bond acceptors (Lipinski definition) is 15. The average molecular weight is 929 g/mol. The number of aliphatic carboxylic acids is 1. The Morgan fingerprint density at radius 3 is 1.54 bits per heavy atom. The lowest BCUT2D eigenvalue weighted by Crippen LogP contribution is -2.35. The first-order chi connectivity index (χ1) is 32.8. The Kier molecular flexibility index (Phi) is 12.9. The zero-order chi connectivity index (χ0) is 47.4. The van der Waals surface area contributed by atoms with Gasteiger partial charge >= 0.3 is 23.3 Å². The van der Waals surface area contributed by atoms with Gasteiger partial charge < -0.3 is 47.7 Å². The third kappa shape index (κ3) is 10.6. The Morgan fingerprint density at radius 2 is 1.09 bits per heavy atom. The Balaban J connectivity index is 0.000000171. The van der Waals surface area contributed by atoms with Crippen LogP contribution in [0.3, 0.4) is 0 Å². The van der Waals surface area contributed by atoms with E-state index in [0.717, 1.165) is 27.9 Å². The molecule has 0 fully saturated rings. The number of rotatable bonds is 12. The van der Waals surface area contributed by atoms with E-state index in [1.807, 2.05) is 87.5 Å². The lowest BCUT2D eigenvalue weighted by Gasteiger charge is -2.26. The molecule has 4 aliphatic rings. The van der Waals surface area contributed by atoms with E-state index in [2.05, 4.69) is 9.97 Å². The molecule has 18 heteroatoms. The number of carboxylic acid groups (broad SMARTS) is 1. The highest BCUT2D eigenvalue weighted by molar-refractivity contribution is 5.72. The van der Waals surface area contributed by atoms with Crippen molar-refractivity contribution in [2.45, 2.75) is 64.5 Å². The third-order valence-corrected chi connectivity index (χ3v) is 11.0. The molecule has 2 atom stereocenters. The predicted octanol–water partition coefficient (Wildman–Crippen LogP) is 5.55. The molecule has 0 radical (unpaired) electrons. The molecule has 352 valence electrons. The summed E-state index contributed by atoms with van der Waals surface area (Å²) in [7, 11) is 0. The maximum atomic E-state index is 12.7. The number of carbonyl (C=O) groups is 2. The van der Waals surface area contributed by atoms with Gasteiger partial charge in [-0.05, 0) is 105 Å². The van der Waals surface area contributed by atoms with Gasteiger partial charge in [0.25, 0.3) is 0 Å². The van der Waals surface area contributed by atoms with Gasteiger partial charge in [-0.15, -0.1) is 0 Å². The second kappa shape index (κ2) is 19.4. The molecular weight excluding hydrogens is 881 g/mol. The van der Waals surface area contributed by atoms with Gasteiger partial charge in [0.05, 0.1) is 11.4 Å². The fourth-order valence-corrected chi connectivity index (χ4v) is 8.00. The van der Waals surface area contributed by atoms with E-state index in [1.165, 1.54) is 0 Å². The van der Waals surface area contributed by atoms with Gasteiger partial charge in [0.1, 0.15) is 43.5 Å². The molecule has 68 heavy (non-hydrogen) atoms. The number of carboxylic acids is 1. The van der Waals surface area contributed by atoms with Gasteiger partial charge in [-0.1, -0.05) is 24.3 Å². The standard InChI is InChI=1S/C27H28N2O7.C23H20N2O7/c1-27(2,3)36-25(30)16-32-18-8-9-20-17(12-18)10-11-29-21(20)13-24(28-26(29)31)34-15-19-14-33-22-6-4-5-7-23(22)35-19;26-22(27)13-29-15-5-6-17-14(9-15)7-8-25-18(17)10-21(24-23(25)28)31-12-16-11-30-19-3-1-2-4-20(19)32-16/h4-9,12-13,19H,10-11,14-16H2,1-3H3;1-6,9-10,16H,7-8,11-13H2,(H,26,27). The molecule has 2 unspecified atom stereocenters. The number of aryl methyl sites for hydroxylation is 2. The minimum absolute atomic E-state index is 0.175. The Morgan fingerprint density at radius 1 is 0.632 bits per heavy atom. The molecule has 0 bridgehead atoms. The lowest BCUT2D eigenvalue weighted by molar-refractivity contribution is -0.157. The van der Waals surface area contributed by atoms with Gasteiger partial charge in [0, 0.05) is 36.3 Å². The molecule has 0 saturated carbocycles. The SMILES string of the molecule is CC(C)(C)OC(=O)COc1ccc2c(c1)CCn1c-2cc(OCC2COc3ccccc3O2)nc1=O.O=C(O)COc1ccc2c(c1)CCn1c-2cc(OCC2COc3ccccc3O2)nc1=O. The smallest absolute Gasteiger partial charge is 0.351 e. The van der Waals surface area contributed by atoms with Crippen LogP contribution in [0.5, 0.6) is 46.3 Å². The summed E-state index contributed by atoms with van der Waals surface area (Å²) in [6, 6.07) is 29.2. The summed E-state index contributed by atoms with van der Waals surface area (Å²) in [6.45, 7) is 6.85. The van der Waals surface area contributed by atoms with Crippen molar-refractivity contribution in [3.05, 3.63) is 129 Å². The second-order valence-electron chi connectivity index (χ2n) is 17.1. The predicted molar refractivity (Wildman–Crippen MR) is 243 cm³/mol. The van der Waals surface area contributed by atoms with Gasteiger partial charge in [-0.2, -0.15) is 9.97 Å². The molecule has 4 aromatic carbocycles. The first-order valence-corrected chi connectivity index (χ1v) is 22.0. The van der Waals surface area contributed by atoms with Crippen LogP contribution in [0.1, 0.15) is 31.9 Å². The van der Waals surface area contributed by atoms with Crippen LogP contribution in [0.15, 0.2) is 107 Å². The van der Waals surface area contributed by atoms with Crippen LogP contribution >= 0.6 is 0 Å². The van der Waals surface area contributed by atoms with Gasteiger partial charge in [0.2, 0.25) is 11.8 Å². The van der Waals surface area contributed by atoms with Crippen molar-refractivity contribution in [3.63, 3.8) is 0 Å². The number of aromatic nitrogens is 4. The highest BCUT2D eigenvalue weighted by Crippen LogP contribution is 2.36. The minimum Gasteiger partial charge on any atom is -0.486 e. The van der Waals surface area contributed by atoms with E-state index in [-0.39, 0.29) is 55.2 Å². The summed E-state index contributed by atoms with van der Waals surface area (Å²) < 4.78 is 54.3. The molecule has 6 heterocycles. The summed E-state index contributed by atoms with van der Waals surface area (Å²) >= 11 is 0. The maximum absolute atomic E-state index is 12.7.